The van der Waals surface area contributed by atoms with Crippen LogP contribution in [0.15, 0.2) is 36.7 Å². The van der Waals surface area contributed by atoms with Gasteiger partial charge in [0.2, 0.25) is 0 Å². The summed E-state index contributed by atoms with van der Waals surface area (Å²) in [6, 6.07) is 5.52. The van der Waals surface area contributed by atoms with E-state index in [0.717, 1.165) is 0 Å². The summed E-state index contributed by atoms with van der Waals surface area (Å²) >= 11 is 0. The van der Waals surface area contributed by atoms with Crippen LogP contribution in [0.25, 0.3) is 0 Å². The number of nitrogens with zero attached hydrogens (tertiary/aromatic N) is 2. The third kappa shape index (κ3) is 6.64. The number of hydrogen-bond donors (Lipinski definition) is 2. The molecule has 0 aliphatic heterocycles. The van der Waals surface area contributed by atoms with Crippen LogP contribution in [0.2, 0.25) is 0 Å². The second-order valence-electron chi connectivity index (χ2n) is 6.59. The van der Waals surface area contributed by atoms with E-state index in [1.807, 2.05) is 0 Å². The van der Waals surface area contributed by atoms with Crippen LogP contribution in [0.4, 0.5) is 10.2 Å². The second-order valence-corrected chi connectivity index (χ2v) is 6.59. The largest absolute Gasteiger partial charge is 0.491 e. The Kier molecular flexibility index (Phi) is 6.46. The summed E-state index contributed by atoms with van der Waals surface area (Å²) in [7, 11) is 0. The number of anilines is 1. The highest BCUT2D eigenvalue weighted by Crippen LogP contribution is 2.12. The number of aliphatic hydroxyl groups excluding tert-OH is 1. The van der Waals surface area contributed by atoms with Crippen LogP contribution < -0.4 is 10.1 Å². The van der Waals surface area contributed by atoms with Gasteiger partial charge >= 0.3 is 5.97 Å². The molecule has 0 spiro atoms. The maximum Gasteiger partial charge on any atom is 0.359 e. The van der Waals surface area contributed by atoms with Crippen LogP contribution in [0.3, 0.4) is 0 Å². The molecule has 0 bridgehead atoms. The summed E-state index contributed by atoms with van der Waals surface area (Å²) in [4.78, 5) is 19.9. The summed E-state index contributed by atoms with van der Waals surface area (Å²) in [5, 5.41) is 12.8. The summed E-state index contributed by atoms with van der Waals surface area (Å²) in [5.41, 5.74) is -0.504. The Balaban J connectivity index is 1.78. The number of benzene rings is 1. The number of nitrogens with one attached hydrogen (secondary N) is 1. The standard InChI is InChI=1S/C18H22FN3O4/c1-18(2,3)26-17(24)15-9-22-16(10-20-15)21-8-13(23)11-25-14-6-4-12(19)5-7-14/h4-7,9-10,13,23H,8,11H2,1-3H3,(H,21,22)/t13-/m0/s1. The molecule has 0 aliphatic carbocycles. The highest BCUT2D eigenvalue weighted by Gasteiger charge is 2.19. The average Bonchev–Trinajstić information content (AvgIpc) is 2.58. The van der Waals surface area contributed by atoms with E-state index < -0.39 is 17.7 Å². The van der Waals surface area contributed by atoms with Gasteiger partial charge in [-0.2, -0.15) is 0 Å². The van der Waals surface area contributed by atoms with Gasteiger partial charge in [-0.25, -0.2) is 19.2 Å². The summed E-state index contributed by atoms with van der Waals surface area (Å²) in [6.45, 7) is 5.50. The van der Waals surface area contributed by atoms with Crippen LogP contribution >= 0.6 is 0 Å². The predicted octanol–water partition coefficient (Wildman–Crippen LogP) is 2.42. The van der Waals surface area contributed by atoms with E-state index in [9.17, 15) is 14.3 Å². The van der Waals surface area contributed by atoms with E-state index in [0.29, 0.717) is 11.6 Å². The molecule has 1 aromatic heterocycles. The van der Waals surface area contributed by atoms with Crippen molar-refractivity contribution in [3.05, 3.63) is 48.2 Å². The van der Waals surface area contributed by atoms with Gasteiger partial charge < -0.3 is 19.9 Å². The van der Waals surface area contributed by atoms with Crippen molar-refractivity contribution in [2.75, 3.05) is 18.5 Å². The van der Waals surface area contributed by atoms with E-state index in [2.05, 4.69) is 15.3 Å². The van der Waals surface area contributed by atoms with Crippen LogP contribution in [0.1, 0.15) is 31.3 Å². The average molecular weight is 363 g/mol. The van der Waals surface area contributed by atoms with Crippen LogP contribution in [-0.4, -0.2) is 45.9 Å². The maximum absolute atomic E-state index is 12.8. The zero-order valence-electron chi connectivity index (χ0n) is 14.9. The first-order valence-corrected chi connectivity index (χ1v) is 8.08. The van der Waals surface area contributed by atoms with Crippen molar-refractivity contribution >= 4 is 11.8 Å². The third-order valence-corrected chi connectivity index (χ3v) is 3.03. The molecule has 26 heavy (non-hydrogen) atoms. The number of halogens is 1. The van der Waals surface area contributed by atoms with Gasteiger partial charge in [0.1, 0.15) is 35.7 Å². The van der Waals surface area contributed by atoms with Crippen molar-refractivity contribution in [3.63, 3.8) is 0 Å². The Morgan fingerprint density at radius 1 is 1.23 bits per heavy atom. The molecule has 2 N–H and O–H groups in total. The molecule has 1 heterocycles. The Morgan fingerprint density at radius 3 is 2.50 bits per heavy atom. The molecule has 0 radical (unpaired) electrons. The number of aliphatic hydroxyl groups is 1. The van der Waals surface area contributed by atoms with E-state index in [-0.39, 0.29) is 24.7 Å². The van der Waals surface area contributed by atoms with Gasteiger partial charge in [0.05, 0.1) is 12.4 Å². The van der Waals surface area contributed by atoms with Crippen molar-refractivity contribution in [1.82, 2.24) is 9.97 Å². The lowest BCUT2D eigenvalue weighted by atomic mass is 10.2. The van der Waals surface area contributed by atoms with Gasteiger partial charge in [-0.15, -0.1) is 0 Å². The van der Waals surface area contributed by atoms with Crippen LogP contribution in [0.5, 0.6) is 5.75 Å². The number of ether oxygens (including phenoxy) is 2. The number of rotatable bonds is 7. The lowest BCUT2D eigenvalue weighted by Crippen LogP contribution is -2.27. The minimum Gasteiger partial charge on any atom is -0.491 e. The van der Waals surface area contributed by atoms with Gasteiger partial charge in [0, 0.05) is 6.54 Å². The normalized spacial score (nSPS) is 12.3. The number of carbonyl (C=O) groups is 1. The second kappa shape index (κ2) is 8.57. The number of esters is 1. The molecule has 0 amide bonds. The molecule has 0 saturated heterocycles. The SMILES string of the molecule is CC(C)(C)OC(=O)c1cnc(NC[C@H](O)COc2ccc(F)cc2)cn1. The van der Waals surface area contributed by atoms with E-state index in [1.54, 1.807) is 20.8 Å². The Labute approximate surface area is 151 Å². The summed E-state index contributed by atoms with van der Waals surface area (Å²) < 4.78 is 23.4. The fourth-order valence-corrected chi connectivity index (χ4v) is 1.86. The highest BCUT2D eigenvalue weighted by atomic mass is 19.1. The van der Waals surface area contributed by atoms with Crippen LogP contribution in [-0.2, 0) is 4.74 Å². The maximum atomic E-state index is 12.8. The molecule has 7 nitrogen and oxygen atoms in total. The molecule has 8 heteroatoms. The zero-order valence-corrected chi connectivity index (χ0v) is 14.9. The fourth-order valence-electron chi connectivity index (χ4n) is 1.86. The highest BCUT2D eigenvalue weighted by molar-refractivity contribution is 5.87. The molecule has 0 fully saturated rings. The lowest BCUT2D eigenvalue weighted by Gasteiger charge is -2.19. The van der Waals surface area contributed by atoms with Crippen molar-refractivity contribution in [2.24, 2.45) is 0 Å². The Hall–Kier alpha value is -2.74. The molecular formula is C18H22FN3O4. The first kappa shape index (κ1) is 19.6. The topological polar surface area (TPSA) is 93.6 Å². The molecular weight excluding hydrogens is 341 g/mol. The molecule has 0 saturated carbocycles. The van der Waals surface area contributed by atoms with Crippen molar-refractivity contribution < 1.29 is 23.8 Å². The van der Waals surface area contributed by atoms with Gasteiger partial charge in [-0.3, -0.25) is 0 Å². The van der Waals surface area contributed by atoms with E-state index >= 15 is 0 Å². The third-order valence-electron chi connectivity index (χ3n) is 3.03. The molecule has 1 aromatic carbocycles. The fraction of sp³-hybridized carbons (Fsp3) is 0.389. The number of hydrogen-bond acceptors (Lipinski definition) is 7. The molecule has 0 unspecified atom stereocenters. The summed E-state index contributed by atoms with van der Waals surface area (Å²) in [5.74, 6) is -0.0395. The lowest BCUT2D eigenvalue weighted by molar-refractivity contribution is 0.00623. The summed E-state index contributed by atoms with van der Waals surface area (Å²) in [6.07, 6.45) is 1.87. The van der Waals surface area contributed by atoms with Crippen molar-refractivity contribution in [2.45, 2.75) is 32.5 Å². The Morgan fingerprint density at radius 2 is 1.92 bits per heavy atom. The Bertz CT molecular complexity index is 715. The molecule has 2 rings (SSSR count). The zero-order chi connectivity index (χ0) is 19.2. The molecule has 0 aliphatic rings. The van der Waals surface area contributed by atoms with Gasteiger partial charge in [-0.05, 0) is 45.0 Å². The van der Waals surface area contributed by atoms with Gasteiger partial charge in [-0.1, -0.05) is 0 Å². The smallest absolute Gasteiger partial charge is 0.359 e. The van der Waals surface area contributed by atoms with Gasteiger partial charge in [0.15, 0.2) is 5.69 Å². The van der Waals surface area contributed by atoms with Crippen molar-refractivity contribution in [3.8, 4) is 5.75 Å². The minimum atomic E-state index is -0.813. The monoisotopic (exact) mass is 363 g/mol. The predicted molar refractivity (Wildman–Crippen MR) is 93.6 cm³/mol. The van der Waals surface area contributed by atoms with Crippen LogP contribution in [0, 0.1) is 5.82 Å². The number of carbonyl (C=O) groups excluding carboxylic acids is 1. The first-order chi connectivity index (χ1) is 12.2. The van der Waals surface area contributed by atoms with E-state index in [1.165, 1.54) is 36.7 Å². The number of aromatic nitrogens is 2. The molecule has 2 aromatic rings. The van der Waals surface area contributed by atoms with Crippen molar-refractivity contribution in [1.29, 1.82) is 0 Å². The van der Waals surface area contributed by atoms with Gasteiger partial charge in [0.25, 0.3) is 0 Å². The molecule has 140 valence electrons. The first-order valence-electron chi connectivity index (χ1n) is 8.08. The van der Waals surface area contributed by atoms with E-state index in [4.69, 9.17) is 9.47 Å². The quantitative estimate of drug-likeness (QED) is 0.730. The molecule has 1 atom stereocenters. The minimum absolute atomic E-state index is 0.0298.